The molecule has 0 saturated carbocycles. The van der Waals surface area contributed by atoms with Gasteiger partial charge in [0.05, 0.1) is 29.1 Å². The molecule has 294 valence electrons. The van der Waals surface area contributed by atoms with Crippen LogP contribution in [0.5, 0.6) is 11.5 Å². The van der Waals surface area contributed by atoms with Crippen molar-refractivity contribution in [2.45, 2.75) is 26.2 Å². The van der Waals surface area contributed by atoms with E-state index in [4.69, 9.17) is 9.72 Å². The fourth-order valence-corrected chi connectivity index (χ4v) is 8.62. The van der Waals surface area contributed by atoms with Gasteiger partial charge >= 0.3 is 0 Å². The summed E-state index contributed by atoms with van der Waals surface area (Å²) in [7, 11) is 2.00. The third-order valence-corrected chi connectivity index (χ3v) is 11.5. The summed E-state index contributed by atoms with van der Waals surface area (Å²) in [6.45, 7) is 6.70. The first kappa shape index (κ1) is 37.5. The number of aromatic nitrogens is 5. The van der Waals surface area contributed by atoms with Crippen molar-refractivity contribution < 1.29 is 30.4 Å². The standard InChI is InChI=1S/C53H39N5O.Pt/c1-53(2,3)36-28-29-54-51(31-36)58-47-27-24-35(41-19-13-20-44-42-18-8-9-21-46(42)57(52(41)44)37-14-6-5-7-15-37)30-45(47)43-26-25-40(33-50(43)58)59-39-17-12-16-38(32-39)56-34-55(4)48-22-10-11-23-49(48)56;/h5-31H,1-4H3;/q-2;. The van der Waals surface area contributed by atoms with Gasteiger partial charge in [-0.1, -0.05) is 123 Å². The maximum atomic E-state index is 6.58. The van der Waals surface area contributed by atoms with E-state index in [0.29, 0.717) is 11.5 Å². The molecule has 0 aliphatic rings. The Balaban J connectivity index is 0.00000433. The summed E-state index contributed by atoms with van der Waals surface area (Å²) in [5.74, 6) is 2.01. The number of rotatable bonds is 6. The molecule has 0 aliphatic heterocycles. The molecule has 7 heteroatoms. The fourth-order valence-electron chi connectivity index (χ4n) is 8.62. The van der Waals surface area contributed by atoms with Crippen molar-refractivity contribution in [3.05, 3.63) is 188 Å². The maximum Gasteiger partial charge on any atom is 0.242 e. The summed E-state index contributed by atoms with van der Waals surface area (Å²) >= 11 is 0. The van der Waals surface area contributed by atoms with E-state index in [1.165, 1.54) is 32.9 Å². The number of imidazole rings is 1. The van der Waals surface area contributed by atoms with Gasteiger partial charge in [0.2, 0.25) is 6.33 Å². The first-order chi connectivity index (χ1) is 28.8. The second-order valence-corrected chi connectivity index (χ2v) is 16.2. The van der Waals surface area contributed by atoms with E-state index in [-0.39, 0.29) is 26.5 Å². The smallest absolute Gasteiger partial charge is 0.242 e. The Morgan fingerprint density at radius 2 is 1.33 bits per heavy atom. The molecule has 0 bridgehead atoms. The Kier molecular flexibility index (Phi) is 9.07. The van der Waals surface area contributed by atoms with Gasteiger partial charge in [-0.15, -0.1) is 29.7 Å². The molecule has 0 spiro atoms. The van der Waals surface area contributed by atoms with Crippen LogP contribution in [0.1, 0.15) is 26.3 Å². The van der Waals surface area contributed by atoms with Crippen molar-refractivity contribution in [2.24, 2.45) is 7.05 Å². The molecule has 11 aromatic rings. The van der Waals surface area contributed by atoms with E-state index in [2.05, 4.69) is 170 Å². The number of fused-ring (bicyclic) bond motifs is 7. The van der Waals surface area contributed by atoms with Crippen molar-refractivity contribution >= 4 is 54.6 Å². The molecule has 60 heavy (non-hydrogen) atoms. The number of nitrogens with zero attached hydrogens (tertiary/aromatic N) is 5. The van der Waals surface area contributed by atoms with Crippen molar-refractivity contribution in [2.75, 3.05) is 0 Å². The molecule has 0 unspecified atom stereocenters. The van der Waals surface area contributed by atoms with E-state index in [0.717, 1.165) is 55.6 Å². The van der Waals surface area contributed by atoms with Gasteiger partial charge in [-0.2, -0.15) is 18.2 Å². The largest absolute Gasteiger partial charge is 0.510 e. The Bertz CT molecular complexity index is 3420. The van der Waals surface area contributed by atoms with Crippen LogP contribution in [0, 0.1) is 18.5 Å². The topological polar surface area (TPSA) is 40.8 Å². The Hall–Kier alpha value is -6.75. The van der Waals surface area contributed by atoms with Crippen LogP contribution in [-0.2, 0) is 33.5 Å². The van der Waals surface area contributed by atoms with Gasteiger partial charge in [0.25, 0.3) is 0 Å². The molecule has 0 amide bonds. The summed E-state index contributed by atoms with van der Waals surface area (Å²) in [4.78, 5) is 4.96. The van der Waals surface area contributed by atoms with Crippen LogP contribution in [0.4, 0.5) is 0 Å². The van der Waals surface area contributed by atoms with Crippen molar-refractivity contribution in [1.82, 2.24) is 18.7 Å². The number of hydrogen-bond acceptors (Lipinski definition) is 2. The minimum absolute atomic E-state index is 0. The molecule has 0 saturated heterocycles. The molecule has 7 aromatic carbocycles. The molecule has 11 rings (SSSR count). The molecular weight excluding hydrogens is 918 g/mol. The zero-order valence-electron chi connectivity index (χ0n) is 33.5. The SMILES string of the molecule is C[n+]1[c-]n(-c2[c-]c(Oc3[c-]c4c(cc3)c3cc(-c5cccc6c7ccccc7n(-c7ccccc7)c56)ccc3n4-c3cc(C(C)(C)C)ccn3)ccc2)c2ccccc21.[Pt]. The maximum absolute atomic E-state index is 6.58. The van der Waals surface area contributed by atoms with Gasteiger partial charge in [0.15, 0.2) is 0 Å². The molecule has 0 radical (unpaired) electrons. The quantitative estimate of drug-likeness (QED) is 0.123. The zero-order chi connectivity index (χ0) is 39.8. The molecule has 0 N–H and O–H groups in total. The van der Waals surface area contributed by atoms with Crippen LogP contribution >= 0.6 is 0 Å². The number of pyridine rings is 1. The van der Waals surface area contributed by atoms with Crippen molar-refractivity contribution in [3.8, 4) is 39.8 Å². The minimum atomic E-state index is -0.0577. The summed E-state index contributed by atoms with van der Waals surface area (Å²) in [5.41, 5.74) is 11.8. The first-order valence-corrected chi connectivity index (χ1v) is 19.9. The third-order valence-electron chi connectivity index (χ3n) is 11.5. The fraction of sp³-hybridized carbons (Fsp3) is 0.0943. The normalized spacial score (nSPS) is 11.9. The monoisotopic (exact) mass is 956 g/mol. The van der Waals surface area contributed by atoms with Crippen LogP contribution in [0.25, 0.3) is 83.0 Å². The summed E-state index contributed by atoms with van der Waals surface area (Å²) < 4.78 is 15.2. The van der Waals surface area contributed by atoms with Crippen LogP contribution in [0.15, 0.2) is 164 Å². The molecule has 4 heterocycles. The van der Waals surface area contributed by atoms with E-state index < -0.39 is 0 Å². The molecule has 0 aliphatic carbocycles. The third kappa shape index (κ3) is 6.13. The van der Waals surface area contributed by atoms with Crippen molar-refractivity contribution in [3.63, 3.8) is 0 Å². The van der Waals surface area contributed by atoms with E-state index in [9.17, 15) is 0 Å². The Labute approximate surface area is 362 Å². The molecule has 4 aromatic heterocycles. The molecule has 0 fully saturated rings. The second kappa shape index (κ2) is 14.5. The van der Waals surface area contributed by atoms with Gasteiger partial charge in [-0.05, 0) is 58.3 Å². The van der Waals surface area contributed by atoms with Crippen LogP contribution < -0.4 is 9.30 Å². The Morgan fingerprint density at radius 1 is 0.600 bits per heavy atom. The summed E-state index contributed by atoms with van der Waals surface area (Å²) in [6.07, 6.45) is 5.32. The van der Waals surface area contributed by atoms with Gasteiger partial charge in [-0.3, -0.25) is 0 Å². The number of aryl methyl sites for hydroxylation is 1. The van der Waals surface area contributed by atoms with E-state index in [1.54, 1.807) is 0 Å². The first-order valence-electron chi connectivity index (χ1n) is 19.9. The average molecular weight is 957 g/mol. The van der Waals surface area contributed by atoms with E-state index >= 15 is 0 Å². The molecule has 0 atom stereocenters. The van der Waals surface area contributed by atoms with Crippen LogP contribution in [-0.4, -0.2) is 18.7 Å². The average Bonchev–Trinajstić information content (AvgIpc) is 3.90. The number of para-hydroxylation sites is 5. The van der Waals surface area contributed by atoms with E-state index in [1.807, 2.05) is 58.8 Å². The van der Waals surface area contributed by atoms with Gasteiger partial charge in [-0.25, -0.2) is 4.98 Å². The van der Waals surface area contributed by atoms with Crippen LogP contribution in [0.2, 0.25) is 0 Å². The number of hydrogen-bond donors (Lipinski definition) is 0. The number of benzene rings is 7. The molecular formula is C53H39N5OPt-2. The van der Waals surface area contributed by atoms with Gasteiger partial charge in [0, 0.05) is 66.3 Å². The predicted molar refractivity (Wildman–Crippen MR) is 238 cm³/mol. The summed E-state index contributed by atoms with van der Waals surface area (Å²) in [6, 6.07) is 62.6. The Morgan fingerprint density at radius 3 is 2.18 bits per heavy atom. The number of ether oxygens (including phenoxy) is 1. The summed E-state index contributed by atoms with van der Waals surface area (Å²) in [5, 5.41) is 4.63. The van der Waals surface area contributed by atoms with Gasteiger partial charge in [0.1, 0.15) is 5.82 Å². The minimum Gasteiger partial charge on any atom is -0.510 e. The predicted octanol–water partition coefficient (Wildman–Crippen LogP) is 12.2. The van der Waals surface area contributed by atoms with Crippen molar-refractivity contribution in [1.29, 1.82) is 0 Å². The second-order valence-electron chi connectivity index (χ2n) is 16.2. The molecule has 6 nitrogen and oxygen atoms in total. The van der Waals surface area contributed by atoms with Gasteiger partial charge < -0.3 is 23.0 Å². The van der Waals surface area contributed by atoms with Crippen LogP contribution in [0.3, 0.4) is 0 Å². The zero-order valence-corrected chi connectivity index (χ0v) is 35.8.